The van der Waals surface area contributed by atoms with Crippen LogP contribution in [0.2, 0.25) is 0 Å². The zero-order valence-electron chi connectivity index (χ0n) is 16.4. The van der Waals surface area contributed by atoms with E-state index in [0.717, 1.165) is 11.3 Å². The van der Waals surface area contributed by atoms with Crippen LogP contribution >= 0.6 is 11.8 Å². The zero-order chi connectivity index (χ0) is 21.8. The molecule has 0 aliphatic carbocycles. The van der Waals surface area contributed by atoms with Crippen molar-refractivity contribution < 1.29 is 14.1 Å². The van der Waals surface area contributed by atoms with Crippen molar-refractivity contribution >= 4 is 17.4 Å². The number of thioether (sulfide) groups is 1. The Labute approximate surface area is 181 Å². The van der Waals surface area contributed by atoms with Gasteiger partial charge < -0.3 is 4.74 Å². The maximum absolute atomic E-state index is 14.5. The molecule has 0 fully saturated rings. The summed E-state index contributed by atoms with van der Waals surface area (Å²) in [6.45, 7) is 0. The lowest BCUT2D eigenvalue weighted by molar-refractivity contribution is -0.384. The van der Waals surface area contributed by atoms with Gasteiger partial charge in [0.25, 0.3) is 5.69 Å². The van der Waals surface area contributed by atoms with Crippen LogP contribution in [0, 0.1) is 15.9 Å². The minimum absolute atomic E-state index is 0.0389. The van der Waals surface area contributed by atoms with Crippen LogP contribution in [0.25, 0.3) is 17.1 Å². The van der Waals surface area contributed by atoms with Crippen molar-refractivity contribution in [3.8, 4) is 22.8 Å². The number of non-ortho nitro benzene ring substituents is 1. The van der Waals surface area contributed by atoms with E-state index in [1.54, 1.807) is 42.0 Å². The molecule has 0 aliphatic rings. The van der Waals surface area contributed by atoms with Crippen molar-refractivity contribution in [2.24, 2.45) is 0 Å². The van der Waals surface area contributed by atoms with E-state index in [-0.39, 0.29) is 5.69 Å². The maximum Gasteiger partial charge on any atom is 0.269 e. The van der Waals surface area contributed by atoms with Crippen molar-refractivity contribution in [1.29, 1.82) is 0 Å². The summed E-state index contributed by atoms with van der Waals surface area (Å²) in [5.74, 6) is 1.21. The van der Waals surface area contributed by atoms with E-state index in [1.807, 2.05) is 24.3 Å². The number of benzene rings is 3. The lowest BCUT2D eigenvalue weighted by Gasteiger charge is -2.11. The number of nitrogens with zero attached hydrogens (tertiary/aromatic N) is 4. The monoisotopic (exact) mass is 436 g/mol. The summed E-state index contributed by atoms with van der Waals surface area (Å²) in [6, 6.07) is 20.1. The Morgan fingerprint density at radius 2 is 1.74 bits per heavy atom. The van der Waals surface area contributed by atoms with Gasteiger partial charge in [0.15, 0.2) is 11.0 Å². The third-order valence-corrected chi connectivity index (χ3v) is 5.59. The minimum Gasteiger partial charge on any atom is -0.497 e. The standard InChI is InChI=1S/C22H17FN4O3S/c1-30-18-12-10-16(11-13-18)26-21(19-4-2-3-5-20(19)23)24-25-22(26)31-14-15-6-8-17(9-7-15)27(28)29/h2-13H,14H2,1H3. The van der Waals surface area contributed by atoms with Gasteiger partial charge in [-0.05, 0) is 42.0 Å². The molecule has 0 N–H and O–H groups in total. The van der Waals surface area contributed by atoms with Crippen LogP contribution in [0.5, 0.6) is 5.75 Å². The third kappa shape index (κ3) is 4.41. The SMILES string of the molecule is COc1ccc(-n2c(SCc3ccc([N+](=O)[O-])cc3)nnc2-c2ccccc2F)cc1. The molecule has 0 spiro atoms. The number of aromatic nitrogens is 3. The Kier molecular flexibility index (Phi) is 5.94. The highest BCUT2D eigenvalue weighted by molar-refractivity contribution is 7.98. The molecule has 4 aromatic rings. The fraction of sp³-hybridized carbons (Fsp3) is 0.0909. The molecule has 9 heteroatoms. The second kappa shape index (κ2) is 8.97. The molecular weight excluding hydrogens is 419 g/mol. The molecule has 0 unspecified atom stereocenters. The average Bonchev–Trinajstić information content (AvgIpc) is 3.22. The topological polar surface area (TPSA) is 83.1 Å². The number of methoxy groups -OCH3 is 1. The van der Waals surface area contributed by atoms with Gasteiger partial charge in [-0.3, -0.25) is 14.7 Å². The van der Waals surface area contributed by atoms with E-state index in [1.165, 1.54) is 30.0 Å². The summed E-state index contributed by atoms with van der Waals surface area (Å²) < 4.78 is 21.5. The first-order valence-corrected chi connectivity index (χ1v) is 10.3. The van der Waals surface area contributed by atoms with E-state index in [2.05, 4.69) is 10.2 Å². The highest BCUT2D eigenvalue weighted by atomic mass is 32.2. The lowest BCUT2D eigenvalue weighted by Crippen LogP contribution is -2.01. The number of halogens is 1. The van der Waals surface area contributed by atoms with Gasteiger partial charge in [-0.25, -0.2) is 4.39 Å². The number of rotatable bonds is 7. The molecule has 4 rings (SSSR count). The second-order valence-corrected chi connectivity index (χ2v) is 7.47. The first-order chi connectivity index (χ1) is 15.1. The number of ether oxygens (including phenoxy) is 1. The summed E-state index contributed by atoms with van der Waals surface area (Å²) in [4.78, 5) is 10.4. The van der Waals surface area contributed by atoms with Crippen molar-refractivity contribution in [2.45, 2.75) is 10.9 Å². The van der Waals surface area contributed by atoms with Crippen LogP contribution in [0.4, 0.5) is 10.1 Å². The van der Waals surface area contributed by atoms with Crippen molar-refractivity contribution in [2.75, 3.05) is 7.11 Å². The van der Waals surface area contributed by atoms with E-state index >= 15 is 0 Å². The number of hydrogen-bond donors (Lipinski definition) is 0. The highest BCUT2D eigenvalue weighted by Gasteiger charge is 2.19. The van der Waals surface area contributed by atoms with Crippen molar-refractivity contribution in [1.82, 2.24) is 14.8 Å². The molecule has 0 atom stereocenters. The van der Waals surface area contributed by atoms with Crippen molar-refractivity contribution in [3.05, 3.63) is 94.3 Å². The summed E-state index contributed by atoms with van der Waals surface area (Å²) in [7, 11) is 1.59. The fourth-order valence-electron chi connectivity index (χ4n) is 3.01. The van der Waals surface area contributed by atoms with Gasteiger partial charge in [-0.1, -0.05) is 36.0 Å². The van der Waals surface area contributed by atoms with Crippen LogP contribution in [0.15, 0.2) is 78.0 Å². The molecule has 0 saturated heterocycles. The summed E-state index contributed by atoms with van der Waals surface area (Å²) in [5.41, 5.74) is 2.03. The van der Waals surface area contributed by atoms with Crippen LogP contribution in [-0.2, 0) is 5.75 Å². The van der Waals surface area contributed by atoms with Crippen LogP contribution in [-0.4, -0.2) is 26.8 Å². The number of nitro groups is 1. The maximum atomic E-state index is 14.5. The first-order valence-electron chi connectivity index (χ1n) is 9.27. The Bertz CT molecular complexity index is 1210. The molecule has 0 aliphatic heterocycles. The van der Waals surface area contributed by atoms with Crippen LogP contribution in [0.1, 0.15) is 5.56 Å². The second-order valence-electron chi connectivity index (χ2n) is 6.53. The molecular formula is C22H17FN4O3S. The number of hydrogen-bond acceptors (Lipinski definition) is 6. The lowest BCUT2D eigenvalue weighted by atomic mass is 10.2. The highest BCUT2D eigenvalue weighted by Crippen LogP contribution is 2.31. The smallest absolute Gasteiger partial charge is 0.269 e. The Morgan fingerprint density at radius 1 is 1.03 bits per heavy atom. The average molecular weight is 436 g/mol. The van der Waals surface area contributed by atoms with Gasteiger partial charge in [0.2, 0.25) is 0 Å². The minimum atomic E-state index is -0.433. The molecule has 31 heavy (non-hydrogen) atoms. The molecule has 3 aromatic carbocycles. The van der Waals surface area contributed by atoms with Gasteiger partial charge in [-0.15, -0.1) is 10.2 Å². The molecule has 0 amide bonds. The van der Waals surface area contributed by atoms with Crippen LogP contribution in [0.3, 0.4) is 0 Å². The molecule has 1 aromatic heterocycles. The Morgan fingerprint density at radius 3 is 2.39 bits per heavy atom. The predicted octanol–water partition coefficient (Wildman–Crippen LogP) is 5.28. The van der Waals surface area contributed by atoms with E-state index in [0.29, 0.717) is 28.0 Å². The predicted molar refractivity (Wildman–Crippen MR) is 116 cm³/mol. The zero-order valence-corrected chi connectivity index (χ0v) is 17.3. The van der Waals surface area contributed by atoms with E-state index in [4.69, 9.17) is 4.74 Å². The van der Waals surface area contributed by atoms with Gasteiger partial charge >= 0.3 is 0 Å². The van der Waals surface area contributed by atoms with Gasteiger partial charge in [0.05, 0.1) is 23.3 Å². The van der Waals surface area contributed by atoms with Crippen molar-refractivity contribution in [3.63, 3.8) is 0 Å². The first kappa shape index (κ1) is 20.5. The van der Waals surface area contributed by atoms with Crippen LogP contribution < -0.4 is 4.74 Å². The summed E-state index contributed by atoms with van der Waals surface area (Å²) in [6.07, 6.45) is 0. The van der Waals surface area contributed by atoms with Gasteiger partial charge in [-0.2, -0.15) is 0 Å². The molecule has 0 saturated carbocycles. The van der Waals surface area contributed by atoms with Gasteiger partial charge in [0, 0.05) is 17.9 Å². The third-order valence-electron chi connectivity index (χ3n) is 4.59. The summed E-state index contributed by atoms with van der Waals surface area (Å²) >= 11 is 1.41. The van der Waals surface area contributed by atoms with E-state index < -0.39 is 10.7 Å². The molecule has 1 heterocycles. The molecule has 0 bridgehead atoms. The largest absolute Gasteiger partial charge is 0.497 e. The van der Waals surface area contributed by atoms with Gasteiger partial charge in [0.1, 0.15) is 11.6 Å². The Balaban J connectivity index is 1.70. The molecule has 7 nitrogen and oxygen atoms in total. The molecule has 156 valence electrons. The quantitative estimate of drug-likeness (QED) is 0.223. The molecule has 0 radical (unpaired) electrons. The Hall–Kier alpha value is -3.72. The fourth-order valence-corrected chi connectivity index (χ4v) is 3.91. The normalized spacial score (nSPS) is 10.8. The van der Waals surface area contributed by atoms with E-state index in [9.17, 15) is 14.5 Å². The summed E-state index contributed by atoms with van der Waals surface area (Å²) in [5, 5.41) is 19.9. The number of nitro benzene ring substituents is 1.